The lowest BCUT2D eigenvalue weighted by atomic mass is 10.0. The van der Waals surface area contributed by atoms with Gasteiger partial charge in [-0.05, 0) is 49.6 Å². The number of hydrogen-bond acceptors (Lipinski definition) is 4. The Morgan fingerprint density at radius 3 is 2.67 bits per heavy atom. The normalized spacial score (nSPS) is 13.1. The van der Waals surface area contributed by atoms with Crippen LogP contribution in [0, 0.1) is 0 Å². The number of hydrogen-bond donors (Lipinski definition) is 0. The number of anilines is 3. The molecule has 0 fully saturated rings. The van der Waals surface area contributed by atoms with Crippen LogP contribution >= 0.6 is 0 Å². The Bertz CT molecular complexity index is 942. The summed E-state index contributed by atoms with van der Waals surface area (Å²) in [6.07, 6.45) is 3.78. The fourth-order valence-electron chi connectivity index (χ4n) is 3.53. The van der Waals surface area contributed by atoms with E-state index in [2.05, 4.69) is 33.1 Å². The van der Waals surface area contributed by atoms with E-state index >= 15 is 0 Å². The Hall–Kier alpha value is -3.21. The first-order valence-electron chi connectivity index (χ1n) is 9.33. The molecule has 3 aromatic rings. The maximum absolute atomic E-state index is 13.1. The summed E-state index contributed by atoms with van der Waals surface area (Å²) in [7, 11) is 0. The number of carbonyl (C=O) groups is 1. The average Bonchev–Trinajstić information content (AvgIpc) is 2.74. The zero-order valence-electron chi connectivity index (χ0n) is 15.4. The molecule has 0 bridgehead atoms. The van der Waals surface area contributed by atoms with Crippen LogP contribution in [0.15, 0.2) is 66.9 Å². The molecule has 1 aliphatic heterocycles. The molecule has 1 aromatic heterocycles. The van der Waals surface area contributed by atoms with Crippen LogP contribution < -0.4 is 9.80 Å². The van der Waals surface area contributed by atoms with Crippen LogP contribution in [0.5, 0.6) is 0 Å². The van der Waals surface area contributed by atoms with Gasteiger partial charge in [0.1, 0.15) is 5.69 Å². The van der Waals surface area contributed by atoms with Crippen LogP contribution in [0.25, 0.3) is 0 Å². The summed E-state index contributed by atoms with van der Waals surface area (Å²) in [5, 5.41) is 0. The Morgan fingerprint density at radius 2 is 1.85 bits per heavy atom. The summed E-state index contributed by atoms with van der Waals surface area (Å²) in [5.41, 5.74) is 3.70. The van der Waals surface area contributed by atoms with Gasteiger partial charge in [0.2, 0.25) is 5.95 Å². The van der Waals surface area contributed by atoms with Gasteiger partial charge in [-0.25, -0.2) is 9.97 Å². The molecule has 0 saturated carbocycles. The number of fused-ring (bicyclic) bond motifs is 1. The largest absolute Gasteiger partial charge is 0.310 e. The van der Waals surface area contributed by atoms with Gasteiger partial charge in [-0.3, -0.25) is 4.79 Å². The van der Waals surface area contributed by atoms with Gasteiger partial charge >= 0.3 is 0 Å². The Morgan fingerprint density at radius 1 is 1.07 bits per heavy atom. The summed E-state index contributed by atoms with van der Waals surface area (Å²) in [5.74, 6) is 0.467. The minimum absolute atomic E-state index is 0.113. The van der Waals surface area contributed by atoms with Crippen molar-refractivity contribution in [2.75, 3.05) is 22.9 Å². The van der Waals surface area contributed by atoms with E-state index in [9.17, 15) is 4.79 Å². The van der Waals surface area contributed by atoms with E-state index < -0.39 is 0 Å². The van der Waals surface area contributed by atoms with E-state index in [1.165, 1.54) is 5.56 Å². The van der Waals surface area contributed by atoms with Gasteiger partial charge in [-0.2, -0.15) is 0 Å². The molecule has 2 aromatic carbocycles. The lowest BCUT2D eigenvalue weighted by Gasteiger charge is -2.29. The molecular weight excluding hydrogens is 336 g/mol. The smallest absolute Gasteiger partial charge is 0.277 e. The molecule has 0 N–H and O–H groups in total. The Labute approximate surface area is 159 Å². The zero-order valence-corrected chi connectivity index (χ0v) is 15.4. The van der Waals surface area contributed by atoms with Crippen molar-refractivity contribution < 1.29 is 4.79 Å². The van der Waals surface area contributed by atoms with Crippen molar-refractivity contribution in [1.29, 1.82) is 0 Å². The number of aromatic nitrogens is 2. The number of amides is 1. The third-order valence-corrected chi connectivity index (χ3v) is 4.84. The predicted octanol–water partition coefficient (Wildman–Crippen LogP) is 4.23. The molecule has 0 spiro atoms. The third kappa shape index (κ3) is 3.40. The highest BCUT2D eigenvalue weighted by Crippen LogP contribution is 2.31. The quantitative estimate of drug-likeness (QED) is 0.700. The molecule has 2 heterocycles. The molecule has 1 amide bonds. The molecule has 5 heteroatoms. The average molecular weight is 358 g/mol. The molecule has 136 valence electrons. The molecule has 0 radical (unpaired) electrons. The highest BCUT2D eigenvalue weighted by atomic mass is 16.2. The molecular formula is C22H22N4O. The van der Waals surface area contributed by atoms with Crippen molar-refractivity contribution in [1.82, 2.24) is 9.97 Å². The molecule has 0 aliphatic carbocycles. The van der Waals surface area contributed by atoms with Gasteiger partial charge in [0, 0.05) is 30.7 Å². The maximum Gasteiger partial charge on any atom is 0.277 e. The van der Waals surface area contributed by atoms with Crippen LogP contribution in [0.1, 0.15) is 29.4 Å². The number of para-hydroxylation sites is 2. The number of carbonyl (C=O) groups excluding carboxylic acids is 1. The number of rotatable bonds is 4. The van der Waals surface area contributed by atoms with Gasteiger partial charge in [-0.1, -0.05) is 36.4 Å². The lowest BCUT2D eigenvalue weighted by molar-refractivity contribution is 0.0983. The minimum atomic E-state index is -0.113. The summed E-state index contributed by atoms with van der Waals surface area (Å²) in [4.78, 5) is 26.0. The molecule has 4 rings (SSSR count). The van der Waals surface area contributed by atoms with Crippen molar-refractivity contribution in [2.24, 2.45) is 0 Å². The Balaban J connectivity index is 1.66. The second kappa shape index (κ2) is 7.58. The van der Waals surface area contributed by atoms with Gasteiger partial charge in [0.25, 0.3) is 5.91 Å². The lowest BCUT2D eigenvalue weighted by Crippen LogP contribution is -2.32. The van der Waals surface area contributed by atoms with E-state index in [0.29, 0.717) is 18.2 Å². The summed E-state index contributed by atoms with van der Waals surface area (Å²) < 4.78 is 0. The van der Waals surface area contributed by atoms with Crippen molar-refractivity contribution in [2.45, 2.75) is 19.8 Å². The van der Waals surface area contributed by atoms with Crippen molar-refractivity contribution in [3.8, 4) is 0 Å². The van der Waals surface area contributed by atoms with Gasteiger partial charge < -0.3 is 9.80 Å². The monoisotopic (exact) mass is 358 g/mol. The van der Waals surface area contributed by atoms with E-state index in [4.69, 9.17) is 0 Å². The van der Waals surface area contributed by atoms with Crippen LogP contribution in [-0.4, -0.2) is 29.0 Å². The summed E-state index contributed by atoms with van der Waals surface area (Å²) >= 11 is 0. The number of aryl methyl sites for hydroxylation is 1. The van der Waals surface area contributed by atoms with Gasteiger partial charge in [-0.15, -0.1) is 0 Å². The van der Waals surface area contributed by atoms with Crippen LogP contribution in [-0.2, 0) is 6.42 Å². The summed E-state index contributed by atoms with van der Waals surface area (Å²) in [6, 6.07) is 19.7. The highest BCUT2D eigenvalue weighted by molar-refractivity contribution is 6.04. The summed E-state index contributed by atoms with van der Waals surface area (Å²) in [6.45, 7) is 3.40. The number of nitrogens with zero attached hydrogens (tertiary/aromatic N) is 4. The van der Waals surface area contributed by atoms with E-state index in [1.807, 2.05) is 43.3 Å². The SMILES string of the molecule is CCN(C(=O)c1ccnc(N2CCCc3ccccc32)n1)c1ccccc1. The minimum Gasteiger partial charge on any atom is -0.310 e. The van der Waals surface area contributed by atoms with Crippen LogP contribution in [0.3, 0.4) is 0 Å². The second-order valence-corrected chi connectivity index (χ2v) is 6.51. The zero-order chi connectivity index (χ0) is 18.6. The maximum atomic E-state index is 13.1. The van der Waals surface area contributed by atoms with Crippen molar-refractivity contribution >= 4 is 23.2 Å². The predicted molar refractivity (Wildman–Crippen MR) is 108 cm³/mol. The molecule has 0 saturated heterocycles. The molecule has 27 heavy (non-hydrogen) atoms. The molecule has 5 nitrogen and oxygen atoms in total. The molecule has 0 atom stereocenters. The van der Waals surface area contributed by atoms with Gasteiger partial charge in [0.15, 0.2) is 0 Å². The fourth-order valence-corrected chi connectivity index (χ4v) is 3.53. The first-order chi connectivity index (χ1) is 13.3. The van der Waals surface area contributed by atoms with E-state index in [-0.39, 0.29) is 5.91 Å². The van der Waals surface area contributed by atoms with Crippen LogP contribution in [0.2, 0.25) is 0 Å². The van der Waals surface area contributed by atoms with Crippen molar-refractivity contribution in [3.63, 3.8) is 0 Å². The first-order valence-corrected chi connectivity index (χ1v) is 9.33. The topological polar surface area (TPSA) is 49.3 Å². The standard InChI is InChI=1S/C22H22N4O/c1-2-25(18-11-4-3-5-12-18)21(27)19-14-15-23-22(24-19)26-16-8-10-17-9-6-7-13-20(17)26/h3-7,9,11-15H,2,8,10,16H2,1H3. The molecule has 1 aliphatic rings. The first kappa shape index (κ1) is 17.2. The number of benzene rings is 2. The van der Waals surface area contributed by atoms with Gasteiger partial charge in [0.05, 0.1) is 0 Å². The van der Waals surface area contributed by atoms with Crippen LogP contribution in [0.4, 0.5) is 17.3 Å². The van der Waals surface area contributed by atoms with E-state index in [1.54, 1.807) is 17.2 Å². The molecule has 0 unspecified atom stereocenters. The van der Waals surface area contributed by atoms with E-state index in [0.717, 1.165) is 30.8 Å². The highest BCUT2D eigenvalue weighted by Gasteiger charge is 2.22. The third-order valence-electron chi connectivity index (χ3n) is 4.84. The Kier molecular flexibility index (Phi) is 4.83. The fraction of sp³-hybridized carbons (Fsp3) is 0.227. The van der Waals surface area contributed by atoms with Crippen molar-refractivity contribution in [3.05, 3.63) is 78.1 Å². The second-order valence-electron chi connectivity index (χ2n) is 6.51.